The van der Waals surface area contributed by atoms with Crippen LogP contribution in [0.25, 0.3) is 0 Å². The van der Waals surface area contributed by atoms with Crippen LogP contribution in [0.2, 0.25) is 36.3 Å². The van der Waals surface area contributed by atoms with Gasteiger partial charge in [0.25, 0.3) is 15.7 Å². The van der Waals surface area contributed by atoms with Crippen molar-refractivity contribution in [3.05, 3.63) is 43.7 Å². The van der Waals surface area contributed by atoms with E-state index >= 15 is 0 Å². The first-order valence-electron chi connectivity index (χ1n) is 13.3. The van der Waals surface area contributed by atoms with Gasteiger partial charge in [0.1, 0.15) is 17.9 Å². The smallest absolute Gasteiger partial charge is 0.331 e. The van der Waals surface area contributed by atoms with E-state index in [1.165, 1.54) is 7.11 Å². The molecule has 0 aromatic carbocycles. The summed E-state index contributed by atoms with van der Waals surface area (Å²) in [5.41, 5.74) is 2.55. The van der Waals surface area contributed by atoms with E-state index in [0.717, 1.165) is 16.0 Å². The third kappa shape index (κ3) is 6.05. The fourth-order valence-corrected chi connectivity index (χ4v) is 7.74. The van der Waals surface area contributed by atoms with Crippen LogP contribution in [-0.4, -0.2) is 72.0 Å². The molecular weight excluding hydrogens is 589 g/mol. The summed E-state index contributed by atoms with van der Waals surface area (Å²) in [5.74, 6) is -0.485. The van der Waals surface area contributed by atoms with Crippen molar-refractivity contribution in [3.8, 4) is 0 Å². The minimum absolute atomic E-state index is 0.121. The van der Waals surface area contributed by atoms with E-state index < -0.39 is 67.9 Å². The third-order valence-corrected chi connectivity index (χ3v) is 18.7. The van der Waals surface area contributed by atoms with Crippen molar-refractivity contribution < 1.29 is 30.9 Å². The first-order valence-corrected chi connectivity index (χ1v) is 20.6. The molecule has 0 saturated carbocycles. The zero-order valence-electron chi connectivity index (χ0n) is 25.7. The monoisotopic (exact) mass is 632 g/mol. The van der Waals surface area contributed by atoms with Gasteiger partial charge < -0.3 is 24.1 Å². The van der Waals surface area contributed by atoms with Crippen molar-refractivity contribution in [3.63, 3.8) is 0 Å². The molecule has 0 bridgehead atoms. The molecule has 1 aromatic heterocycles. The topological polar surface area (TPSA) is 185 Å². The second-order valence-electron chi connectivity index (χ2n) is 13.6. The average Bonchev–Trinajstić information content (AvgIpc) is 3.21. The number of H-pyrrole nitrogens is 1. The fourth-order valence-electron chi connectivity index (χ4n) is 4.24. The number of nitrogens with two attached hydrogens (primary N) is 1. The number of ether oxygens (including phenoxy) is 2. The Hall–Kier alpha value is -2.09. The van der Waals surface area contributed by atoms with Gasteiger partial charge in [-0.15, -0.1) is 0 Å². The standard InChI is InChI=1S/C25H44N4O9SSi2/c1-23(2,3)40(8,9)35-13-17-25(16(26)14-39(32,33)38-25)19(37-41(10,11)24(4,5)6)21(36-17)29-15(20(27)34-7)12-18(30)28-22(29)31/h12,14,17,19,21,27H,13,26H2,1-11H3,(H,28,30,31)/t17-,19+,21-,25?/m1/s1. The van der Waals surface area contributed by atoms with Gasteiger partial charge in [-0.25, -0.2) is 8.98 Å². The lowest BCUT2D eigenvalue weighted by molar-refractivity contribution is -0.0566. The Balaban J connectivity index is 2.33. The molecule has 3 rings (SSSR count). The predicted molar refractivity (Wildman–Crippen MR) is 159 cm³/mol. The summed E-state index contributed by atoms with van der Waals surface area (Å²) in [6.07, 6.45) is -3.82. The Morgan fingerprint density at radius 3 is 2.15 bits per heavy atom. The van der Waals surface area contributed by atoms with Crippen molar-refractivity contribution in [2.75, 3.05) is 13.7 Å². The number of aromatic nitrogens is 2. The van der Waals surface area contributed by atoms with Crippen molar-refractivity contribution in [2.45, 2.75) is 102 Å². The first kappa shape index (κ1) is 33.4. The Morgan fingerprint density at radius 2 is 1.68 bits per heavy atom. The quantitative estimate of drug-likeness (QED) is 0.175. The summed E-state index contributed by atoms with van der Waals surface area (Å²) in [6, 6.07) is 1.03. The molecule has 1 fully saturated rings. The molecule has 4 N–H and O–H groups in total. The van der Waals surface area contributed by atoms with Crippen LogP contribution in [-0.2, 0) is 32.6 Å². The third-order valence-electron chi connectivity index (χ3n) is 8.74. The lowest BCUT2D eigenvalue weighted by Gasteiger charge is -2.43. The molecular formula is C25H44N4O9SSi2. The van der Waals surface area contributed by atoms with Gasteiger partial charge >= 0.3 is 5.69 Å². The van der Waals surface area contributed by atoms with Crippen molar-refractivity contribution in [2.24, 2.45) is 5.73 Å². The van der Waals surface area contributed by atoms with Gasteiger partial charge in [-0.2, -0.15) is 8.42 Å². The van der Waals surface area contributed by atoms with Crippen molar-refractivity contribution in [1.29, 1.82) is 5.41 Å². The maximum atomic E-state index is 13.3. The molecule has 2 aliphatic rings. The number of nitrogens with zero attached hydrogens (tertiary/aromatic N) is 1. The SMILES string of the molecule is COC(=N)c1cc(=O)[nH]c(=O)n1[C@@H]1O[C@H](CO[Si](C)(C)C(C)(C)C)C2(OS(=O)(=O)C=C2N)[C@H]1O[Si](C)(C)C(C)(C)C. The highest BCUT2D eigenvalue weighted by atomic mass is 32.2. The van der Waals surface area contributed by atoms with E-state index in [4.69, 9.17) is 33.7 Å². The molecule has 0 amide bonds. The molecule has 232 valence electrons. The Bertz CT molecular complexity index is 1450. The molecule has 2 aliphatic heterocycles. The summed E-state index contributed by atoms with van der Waals surface area (Å²) in [6.45, 7) is 20.0. The highest BCUT2D eigenvalue weighted by Crippen LogP contribution is 2.52. The van der Waals surface area contributed by atoms with E-state index in [1.54, 1.807) is 0 Å². The van der Waals surface area contributed by atoms with Crippen LogP contribution >= 0.6 is 0 Å². The second kappa shape index (κ2) is 10.6. The minimum atomic E-state index is -4.27. The van der Waals surface area contributed by atoms with E-state index in [0.29, 0.717) is 0 Å². The van der Waals surface area contributed by atoms with Crippen molar-refractivity contribution in [1.82, 2.24) is 9.55 Å². The van der Waals surface area contributed by atoms with Crippen LogP contribution in [0.3, 0.4) is 0 Å². The van der Waals surface area contributed by atoms with Crippen LogP contribution in [0, 0.1) is 5.41 Å². The second-order valence-corrected chi connectivity index (χ2v) is 24.5. The number of methoxy groups -OCH3 is 1. The fraction of sp³-hybridized carbons (Fsp3) is 0.720. The number of rotatable bonds is 7. The van der Waals surface area contributed by atoms with Gasteiger partial charge in [0.15, 0.2) is 28.5 Å². The molecule has 41 heavy (non-hydrogen) atoms. The molecule has 0 aliphatic carbocycles. The van der Waals surface area contributed by atoms with Gasteiger partial charge in [-0.05, 0) is 36.3 Å². The lowest BCUT2D eigenvalue weighted by atomic mass is 9.89. The van der Waals surface area contributed by atoms with E-state index in [-0.39, 0.29) is 28.1 Å². The summed E-state index contributed by atoms with van der Waals surface area (Å²) in [5, 5.41) is 8.59. The molecule has 1 spiro atoms. The highest BCUT2D eigenvalue weighted by molar-refractivity contribution is 7.90. The summed E-state index contributed by atoms with van der Waals surface area (Å²) in [7, 11) is -8.20. The molecule has 4 atom stereocenters. The van der Waals surface area contributed by atoms with Crippen molar-refractivity contribution >= 4 is 32.7 Å². The van der Waals surface area contributed by atoms with Gasteiger partial charge in [-0.3, -0.25) is 19.8 Å². The largest absolute Gasteiger partial charge is 0.480 e. The Labute approximate surface area is 243 Å². The normalized spacial score (nSPS) is 26.8. The van der Waals surface area contributed by atoms with Crippen LogP contribution in [0.5, 0.6) is 0 Å². The maximum Gasteiger partial charge on any atom is 0.331 e. The Kier molecular flexibility index (Phi) is 8.61. The van der Waals surface area contributed by atoms with Gasteiger partial charge in [0.2, 0.25) is 5.90 Å². The molecule has 16 heteroatoms. The van der Waals surface area contributed by atoms with E-state index in [9.17, 15) is 18.0 Å². The predicted octanol–water partition coefficient (Wildman–Crippen LogP) is 2.72. The molecule has 0 radical (unpaired) electrons. The molecule has 3 heterocycles. The van der Waals surface area contributed by atoms with Crippen LogP contribution in [0.1, 0.15) is 53.5 Å². The van der Waals surface area contributed by atoms with Gasteiger partial charge in [0, 0.05) is 6.07 Å². The zero-order valence-corrected chi connectivity index (χ0v) is 28.5. The Morgan fingerprint density at radius 1 is 1.12 bits per heavy atom. The van der Waals surface area contributed by atoms with E-state index in [1.807, 2.05) is 47.0 Å². The summed E-state index contributed by atoms with van der Waals surface area (Å²) >= 11 is 0. The van der Waals surface area contributed by atoms with E-state index in [2.05, 4.69) is 25.8 Å². The molecule has 1 saturated heterocycles. The lowest BCUT2D eigenvalue weighted by Crippen LogP contribution is -2.59. The van der Waals surface area contributed by atoms with Crippen LogP contribution in [0.4, 0.5) is 0 Å². The molecule has 13 nitrogen and oxygen atoms in total. The van der Waals surface area contributed by atoms with Crippen LogP contribution in [0.15, 0.2) is 26.8 Å². The molecule has 1 unspecified atom stereocenters. The summed E-state index contributed by atoms with van der Waals surface area (Å²) in [4.78, 5) is 27.8. The summed E-state index contributed by atoms with van der Waals surface area (Å²) < 4.78 is 57.4. The zero-order chi connectivity index (χ0) is 31.6. The number of hydrogen-bond acceptors (Lipinski definition) is 11. The van der Waals surface area contributed by atoms with Gasteiger partial charge in [0.05, 0.1) is 24.8 Å². The number of hydrogen-bond donors (Lipinski definition) is 3. The average molecular weight is 633 g/mol. The first-order chi connectivity index (χ1) is 18.4. The number of nitrogens with one attached hydrogen (secondary N) is 2. The number of aromatic amines is 1. The maximum absolute atomic E-state index is 13.3. The minimum Gasteiger partial charge on any atom is -0.480 e. The molecule has 1 aromatic rings. The highest BCUT2D eigenvalue weighted by Gasteiger charge is 2.67. The van der Waals surface area contributed by atoms with Gasteiger partial charge in [-0.1, -0.05) is 41.5 Å². The van der Waals surface area contributed by atoms with Crippen LogP contribution < -0.4 is 17.0 Å².